The Hall–Kier alpha value is 0. The van der Waals surface area contributed by atoms with E-state index in [0.29, 0.717) is 5.41 Å². The summed E-state index contributed by atoms with van der Waals surface area (Å²) >= 11 is 0. The van der Waals surface area contributed by atoms with E-state index < -0.39 is 0 Å². The monoisotopic (exact) mass is 168 g/mol. The lowest BCUT2D eigenvalue weighted by Crippen LogP contribution is -2.23. The van der Waals surface area contributed by atoms with Gasteiger partial charge >= 0.3 is 0 Å². The van der Waals surface area contributed by atoms with Gasteiger partial charge in [0.1, 0.15) is 0 Å². The predicted octanol–water partition coefficient (Wildman–Crippen LogP) is 4.25. The summed E-state index contributed by atoms with van der Waals surface area (Å²) in [6.07, 6.45) is 7.17. The Labute approximate surface area is 77.7 Å². The third-order valence-corrected chi connectivity index (χ3v) is 3.77. The van der Waals surface area contributed by atoms with Gasteiger partial charge < -0.3 is 0 Å². The van der Waals surface area contributed by atoms with Crippen molar-refractivity contribution in [2.75, 3.05) is 0 Å². The first-order valence-electron chi connectivity index (χ1n) is 5.58. The van der Waals surface area contributed by atoms with Crippen LogP contribution in [-0.4, -0.2) is 0 Å². The number of hydrogen-bond acceptors (Lipinski definition) is 0. The molecule has 2 atom stereocenters. The average molecular weight is 168 g/mol. The van der Waals surface area contributed by atoms with E-state index in [0.717, 1.165) is 11.8 Å². The topological polar surface area (TPSA) is 0 Å². The first-order chi connectivity index (χ1) is 5.58. The molecule has 0 aliphatic heterocycles. The molecular formula is C12H24. The van der Waals surface area contributed by atoms with Crippen LogP contribution in [0.4, 0.5) is 0 Å². The summed E-state index contributed by atoms with van der Waals surface area (Å²) in [5.74, 6) is 1.95. The lowest BCUT2D eigenvalue weighted by Gasteiger charge is -2.32. The van der Waals surface area contributed by atoms with Crippen molar-refractivity contribution in [2.24, 2.45) is 17.3 Å². The fourth-order valence-corrected chi connectivity index (χ4v) is 3.06. The zero-order valence-corrected chi connectivity index (χ0v) is 9.19. The van der Waals surface area contributed by atoms with E-state index in [1.807, 2.05) is 0 Å². The smallest absolute Gasteiger partial charge is 0.0323 e. The molecule has 1 rings (SSSR count). The Morgan fingerprint density at radius 1 is 1.42 bits per heavy atom. The third-order valence-electron chi connectivity index (χ3n) is 3.77. The molecule has 0 aromatic heterocycles. The van der Waals surface area contributed by atoms with Crippen molar-refractivity contribution in [3.63, 3.8) is 0 Å². The molecule has 0 spiro atoms. The standard InChI is InChI=1S/C12H24/c1-5-7-10(2)11-8-6-9-12(11,3)4/h10-11H,5-9H2,1-4H3/t10?,11-/m1/s1. The second kappa shape index (κ2) is 3.81. The molecule has 0 nitrogen and oxygen atoms in total. The van der Waals surface area contributed by atoms with Crippen LogP contribution in [0.1, 0.15) is 59.8 Å². The summed E-state index contributed by atoms with van der Waals surface area (Å²) < 4.78 is 0. The zero-order chi connectivity index (χ0) is 9.19. The summed E-state index contributed by atoms with van der Waals surface area (Å²) in [7, 11) is 0. The lowest BCUT2D eigenvalue weighted by atomic mass is 9.74. The van der Waals surface area contributed by atoms with Crippen LogP contribution >= 0.6 is 0 Å². The van der Waals surface area contributed by atoms with E-state index in [9.17, 15) is 0 Å². The van der Waals surface area contributed by atoms with Crippen LogP contribution in [0.25, 0.3) is 0 Å². The van der Waals surface area contributed by atoms with E-state index >= 15 is 0 Å². The highest BCUT2D eigenvalue weighted by atomic mass is 14.4. The third kappa shape index (κ3) is 2.02. The first-order valence-corrected chi connectivity index (χ1v) is 5.58. The molecule has 0 bridgehead atoms. The fraction of sp³-hybridized carbons (Fsp3) is 1.00. The van der Waals surface area contributed by atoms with E-state index in [2.05, 4.69) is 27.7 Å². The van der Waals surface area contributed by atoms with Crippen molar-refractivity contribution < 1.29 is 0 Å². The molecule has 1 aliphatic rings. The maximum absolute atomic E-state index is 2.46. The van der Waals surface area contributed by atoms with Crippen molar-refractivity contribution in [1.82, 2.24) is 0 Å². The van der Waals surface area contributed by atoms with Crippen molar-refractivity contribution in [3.8, 4) is 0 Å². The maximum Gasteiger partial charge on any atom is -0.0323 e. The summed E-state index contributed by atoms with van der Waals surface area (Å²) in [4.78, 5) is 0. The van der Waals surface area contributed by atoms with Gasteiger partial charge in [-0.3, -0.25) is 0 Å². The Morgan fingerprint density at radius 2 is 2.08 bits per heavy atom. The molecule has 0 aromatic carbocycles. The molecule has 1 fully saturated rings. The molecule has 0 aromatic rings. The molecule has 1 unspecified atom stereocenters. The van der Waals surface area contributed by atoms with Gasteiger partial charge in [0.15, 0.2) is 0 Å². The van der Waals surface area contributed by atoms with Gasteiger partial charge in [-0.15, -0.1) is 0 Å². The number of rotatable bonds is 3. The highest BCUT2D eigenvalue weighted by Gasteiger charge is 2.36. The van der Waals surface area contributed by atoms with Crippen molar-refractivity contribution >= 4 is 0 Å². The van der Waals surface area contributed by atoms with Crippen LogP contribution in [0.5, 0.6) is 0 Å². The minimum atomic E-state index is 0.634. The predicted molar refractivity (Wildman–Crippen MR) is 55.2 cm³/mol. The summed E-state index contributed by atoms with van der Waals surface area (Å²) in [5.41, 5.74) is 0.634. The molecule has 72 valence electrons. The second-order valence-electron chi connectivity index (χ2n) is 5.25. The molecular weight excluding hydrogens is 144 g/mol. The maximum atomic E-state index is 2.46. The summed E-state index contributed by atoms with van der Waals surface area (Å²) in [5, 5.41) is 0. The number of hydrogen-bond donors (Lipinski definition) is 0. The van der Waals surface area contributed by atoms with Crippen LogP contribution in [0.2, 0.25) is 0 Å². The van der Waals surface area contributed by atoms with Gasteiger partial charge in [0.2, 0.25) is 0 Å². The van der Waals surface area contributed by atoms with E-state index in [-0.39, 0.29) is 0 Å². The Bertz CT molecular complexity index is 135. The molecule has 12 heavy (non-hydrogen) atoms. The summed E-state index contributed by atoms with van der Waals surface area (Å²) in [6, 6.07) is 0. The van der Waals surface area contributed by atoms with Crippen molar-refractivity contribution in [2.45, 2.75) is 59.8 Å². The normalized spacial score (nSPS) is 30.5. The molecule has 0 radical (unpaired) electrons. The largest absolute Gasteiger partial charge is 0.0654 e. The minimum absolute atomic E-state index is 0.634. The van der Waals surface area contributed by atoms with E-state index in [1.54, 1.807) is 0 Å². The Balaban J connectivity index is 2.50. The average Bonchev–Trinajstić information content (AvgIpc) is 2.30. The molecule has 1 aliphatic carbocycles. The van der Waals surface area contributed by atoms with Gasteiger partial charge in [0, 0.05) is 0 Å². The van der Waals surface area contributed by atoms with Gasteiger partial charge in [-0.25, -0.2) is 0 Å². The van der Waals surface area contributed by atoms with Crippen LogP contribution in [-0.2, 0) is 0 Å². The second-order valence-corrected chi connectivity index (χ2v) is 5.25. The minimum Gasteiger partial charge on any atom is -0.0654 e. The fourth-order valence-electron chi connectivity index (χ4n) is 3.06. The van der Waals surface area contributed by atoms with Gasteiger partial charge in [-0.1, -0.05) is 47.0 Å². The van der Waals surface area contributed by atoms with E-state index in [1.165, 1.54) is 32.1 Å². The van der Waals surface area contributed by atoms with Gasteiger partial charge in [-0.2, -0.15) is 0 Å². The molecule has 0 heteroatoms. The van der Waals surface area contributed by atoms with Crippen LogP contribution < -0.4 is 0 Å². The van der Waals surface area contributed by atoms with Gasteiger partial charge in [0.05, 0.1) is 0 Å². The molecule has 0 N–H and O–H groups in total. The molecule has 0 saturated heterocycles. The molecule has 0 amide bonds. The van der Waals surface area contributed by atoms with Crippen LogP contribution in [0, 0.1) is 17.3 Å². The van der Waals surface area contributed by atoms with E-state index in [4.69, 9.17) is 0 Å². The molecule has 1 saturated carbocycles. The highest BCUT2D eigenvalue weighted by Crippen LogP contribution is 2.47. The quantitative estimate of drug-likeness (QED) is 0.591. The van der Waals surface area contributed by atoms with Crippen molar-refractivity contribution in [1.29, 1.82) is 0 Å². The zero-order valence-electron chi connectivity index (χ0n) is 9.19. The van der Waals surface area contributed by atoms with Crippen LogP contribution in [0.3, 0.4) is 0 Å². The van der Waals surface area contributed by atoms with Gasteiger partial charge in [-0.05, 0) is 30.1 Å². The summed E-state index contributed by atoms with van der Waals surface area (Å²) in [6.45, 7) is 9.66. The van der Waals surface area contributed by atoms with Crippen LogP contribution in [0.15, 0.2) is 0 Å². The first kappa shape index (κ1) is 10.1. The Morgan fingerprint density at radius 3 is 2.50 bits per heavy atom. The SMILES string of the molecule is CCCC(C)[C@H]1CCCC1(C)C. The highest BCUT2D eigenvalue weighted by molar-refractivity contribution is 4.87. The van der Waals surface area contributed by atoms with Crippen molar-refractivity contribution in [3.05, 3.63) is 0 Å². The lowest BCUT2D eigenvalue weighted by molar-refractivity contribution is 0.179. The van der Waals surface area contributed by atoms with Gasteiger partial charge in [0.25, 0.3) is 0 Å². The molecule has 0 heterocycles. The Kier molecular flexibility index (Phi) is 3.20.